The minimum atomic E-state index is -0.218. The molecule has 1 heterocycles. The summed E-state index contributed by atoms with van der Waals surface area (Å²) >= 11 is 3.10. The average molecular weight is 295 g/mol. The average Bonchev–Trinajstić information content (AvgIpc) is 2.85. The largest absolute Gasteiger partial charge is 0.387 e. The van der Waals surface area contributed by atoms with Gasteiger partial charge >= 0.3 is 0 Å². The first-order valence-electron chi connectivity index (χ1n) is 5.83. The fourth-order valence-corrected chi connectivity index (χ4v) is 2.92. The molecule has 3 nitrogen and oxygen atoms in total. The zero-order valence-corrected chi connectivity index (χ0v) is 12.1. The van der Waals surface area contributed by atoms with Gasteiger partial charge in [-0.1, -0.05) is 6.92 Å². The Morgan fingerprint density at radius 3 is 2.84 bits per heavy atom. The van der Waals surface area contributed by atoms with E-state index in [4.69, 9.17) is 5.73 Å². The van der Waals surface area contributed by atoms with Crippen LogP contribution in [-0.2, 0) is 5.75 Å². The van der Waals surface area contributed by atoms with Gasteiger partial charge in [-0.15, -0.1) is 23.1 Å². The highest BCUT2D eigenvalue weighted by molar-refractivity contribution is 7.98. The molecule has 0 aliphatic carbocycles. The van der Waals surface area contributed by atoms with E-state index in [1.165, 1.54) is 23.5 Å². The Bertz CT molecular complexity index is 564. The fraction of sp³-hybridized carbons (Fsp3) is 0.231. The summed E-state index contributed by atoms with van der Waals surface area (Å²) in [6, 6.07) is 6.45. The maximum Gasteiger partial charge on any atom is 0.211 e. The number of amidine groups is 1. The topological polar surface area (TPSA) is 51.3 Å². The molecule has 0 aliphatic rings. The van der Waals surface area contributed by atoms with Crippen molar-refractivity contribution in [3.05, 3.63) is 41.2 Å². The molecule has 0 saturated heterocycles. The highest BCUT2D eigenvalue weighted by Crippen LogP contribution is 2.26. The number of aromatic nitrogens is 1. The van der Waals surface area contributed by atoms with Gasteiger partial charge in [-0.05, 0) is 24.3 Å². The van der Waals surface area contributed by atoms with Crippen molar-refractivity contribution in [1.29, 1.82) is 0 Å². The SMILES string of the molecule is CC/C(N)=N\c1nc(CSc2ccc(F)cc2)cs1. The minimum Gasteiger partial charge on any atom is -0.387 e. The summed E-state index contributed by atoms with van der Waals surface area (Å²) in [6.07, 6.45) is 0.721. The standard InChI is InChI=1S/C13H14FN3S2/c1-2-12(15)17-13-16-10(8-19-13)7-18-11-5-3-9(14)4-6-11/h3-6,8H,2,7H2,1H3,(H2,15,16,17). The van der Waals surface area contributed by atoms with Gasteiger partial charge in [-0.2, -0.15) is 0 Å². The molecule has 0 aliphatic heterocycles. The van der Waals surface area contributed by atoms with Crippen LogP contribution in [0.3, 0.4) is 0 Å². The van der Waals surface area contributed by atoms with E-state index in [1.807, 2.05) is 12.3 Å². The lowest BCUT2D eigenvalue weighted by atomic mass is 10.4. The number of rotatable bonds is 5. The quantitative estimate of drug-likeness (QED) is 0.516. The number of halogens is 1. The van der Waals surface area contributed by atoms with E-state index in [-0.39, 0.29) is 5.82 Å². The van der Waals surface area contributed by atoms with Gasteiger partial charge < -0.3 is 5.73 Å². The summed E-state index contributed by atoms with van der Waals surface area (Å²) in [6.45, 7) is 1.96. The first kappa shape index (κ1) is 14.0. The Morgan fingerprint density at radius 1 is 1.42 bits per heavy atom. The second-order valence-electron chi connectivity index (χ2n) is 3.82. The van der Waals surface area contributed by atoms with E-state index in [0.717, 1.165) is 22.8 Å². The molecule has 6 heteroatoms. The molecule has 2 rings (SSSR count). The molecule has 0 saturated carbocycles. The Labute approximate surface area is 119 Å². The molecule has 100 valence electrons. The number of nitrogens with two attached hydrogens (primary N) is 1. The molecule has 0 spiro atoms. The van der Waals surface area contributed by atoms with E-state index in [0.29, 0.717) is 11.0 Å². The van der Waals surface area contributed by atoms with Gasteiger partial charge in [0.1, 0.15) is 11.7 Å². The Balaban J connectivity index is 1.95. The van der Waals surface area contributed by atoms with Crippen LogP contribution in [0, 0.1) is 5.82 Å². The van der Waals surface area contributed by atoms with Crippen molar-refractivity contribution in [2.24, 2.45) is 10.7 Å². The molecule has 19 heavy (non-hydrogen) atoms. The first-order valence-corrected chi connectivity index (χ1v) is 7.69. The number of nitrogens with zero attached hydrogens (tertiary/aromatic N) is 2. The summed E-state index contributed by atoms with van der Waals surface area (Å²) in [4.78, 5) is 9.62. The van der Waals surface area contributed by atoms with Gasteiger partial charge in [0.25, 0.3) is 0 Å². The maximum absolute atomic E-state index is 12.8. The fourth-order valence-electron chi connectivity index (χ4n) is 1.30. The van der Waals surface area contributed by atoms with Gasteiger partial charge in [-0.3, -0.25) is 0 Å². The van der Waals surface area contributed by atoms with Crippen molar-refractivity contribution in [3.63, 3.8) is 0 Å². The molecule has 1 aromatic carbocycles. The van der Waals surface area contributed by atoms with Crippen LogP contribution in [-0.4, -0.2) is 10.8 Å². The van der Waals surface area contributed by atoms with Crippen LogP contribution >= 0.6 is 23.1 Å². The summed E-state index contributed by atoms with van der Waals surface area (Å²) in [7, 11) is 0. The molecule has 2 aromatic rings. The number of aliphatic imine (C=N–C) groups is 1. The molecule has 2 N–H and O–H groups in total. The van der Waals surface area contributed by atoms with Crippen LogP contribution in [0.5, 0.6) is 0 Å². The van der Waals surface area contributed by atoms with Crippen molar-refractivity contribution in [2.45, 2.75) is 24.0 Å². The molecular weight excluding hydrogens is 281 g/mol. The zero-order valence-electron chi connectivity index (χ0n) is 10.5. The predicted octanol–water partition coefficient (Wildman–Crippen LogP) is 3.97. The third-order valence-electron chi connectivity index (χ3n) is 2.34. The van der Waals surface area contributed by atoms with Crippen LogP contribution in [0.2, 0.25) is 0 Å². The lowest BCUT2D eigenvalue weighted by Crippen LogP contribution is -2.08. The number of benzene rings is 1. The second-order valence-corrected chi connectivity index (χ2v) is 5.71. The molecule has 0 fully saturated rings. The van der Waals surface area contributed by atoms with Crippen LogP contribution in [0.4, 0.5) is 9.52 Å². The molecule has 0 unspecified atom stereocenters. The van der Waals surface area contributed by atoms with Gasteiger partial charge in [0.2, 0.25) is 5.13 Å². The van der Waals surface area contributed by atoms with Crippen molar-refractivity contribution < 1.29 is 4.39 Å². The van der Waals surface area contributed by atoms with Gasteiger partial charge in [0.15, 0.2) is 0 Å². The van der Waals surface area contributed by atoms with Crippen molar-refractivity contribution in [3.8, 4) is 0 Å². The van der Waals surface area contributed by atoms with Gasteiger partial charge in [0.05, 0.1) is 5.69 Å². The lowest BCUT2D eigenvalue weighted by Gasteiger charge is -1.98. The third kappa shape index (κ3) is 4.33. The van der Waals surface area contributed by atoms with Gasteiger partial charge in [-0.25, -0.2) is 14.4 Å². The highest BCUT2D eigenvalue weighted by Gasteiger charge is 2.03. The molecule has 0 bridgehead atoms. The predicted molar refractivity (Wildman–Crippen MR) is 79.6 cm³/mol. The van der Waals surface area contributed by atoms with E-state index in [9.17, 15) is 4.39 Å². The summed E-state index contributed by atoms with van der Waals surface area (Å²) in [5, 5.41) is 2.66. The Morgan fingerprint density at radius 2 is 2.16 bits per heavy atom. The first-order chi connectivity index (χ1) is 9.17. The van der Waals surface area contributed by atoms with Crippen molar-refractivity contribution in [1.82, 2.24) is 4.98 Å². The highest BCUT2D eigenvalue weighted by atomic mass is 32.2. The normalized spacial score (nSPS) is 11.8. The molecule has 0 atom stereocenters. The van der Waals surface area contributed by atoms with Gasteiger partial charge in [0, 0.05) is 22.4 Å². The molecule has 1 aromatic heterocycles. The summed E-state index contributed by atoms with van der Waals surface area (Å²) in [5.41, 5.74) is 6.63. The smallest absolute Gasteiger partial charge is 0.211 e. The van der Waals surface area contributed by atoms with Crippen LogP contribution in [0.15, 0.2) is 39.5 Å². The number of hydrogen-bond acceptors (Lipinski definition) is 4. The van der Waals surface area contributed by atoms with E-state index >= 15 is 0 Å². The third-order valence-corrected chi connectivity index (χ3v) is 4.17. The minimum absolute atomic E-state index is 0.218. The molecule has 0 radical (unpaired) electrons. The second kappa shape index (κ2) is 6.68. The summed E-state index contributed by atoms with van der Waals surface area (Å²) in [5.74, 6) is 1.11. The number of hydrogen-bond donors (Lipinski definition) is 1. The maximum atomic E-state index is 12.8. The monoisotopic (exact) mass is 295 g/mol. The van der Waals surface area contributed by atoms with E-state index in [1.54, 1.807) is 23.9 Å². The Kier molecular flexibility index (Phi) is 4.93. The number of thioether (sulfide) groups is 1. The van der Waals surface area contributed by atoms with Crippen LogP contribution in [0.1, 0.15) is 19.0 Å². The molecular formula is C13H14FN3S2. The summed E-state index contributed by atoms with van der Waals surface area (Å²) < 4.78 is 12.8. The number of thiazole rings is 1. The van der Waals surface area contributed by atoms with E-state index < -0.39 is 0 Å². The lowest BCUT2D eigenvalue weighted by molar-refractivity contribution is 0.626. The van der Waals surface area contributed by atoms with Crippen molar-refractivity contribution >= 4 is 34.1 Å². The van der Waals surface area contributed by atoms with E-state index in [2.05, 4.69) is 9.98 Å². The Hall–Kier alpha value is -1.40. The molecule has 0 amide bonds. The van der Waals surface area contributed by atoms with Crippen LogP contribution in [0.25, 0.3) is 0 Å². The van der Waals surface area contributed by atoms with Crippen LogP contribution < -0.4 is 5.73 Å². The van der Waals surface area contributed by atoms with Crippen molar-refractivity contribution in [2.75, 3.05) is 0 Å². The zero-order chi connectivity index (χ0) is 13.7.